The van der Waals surface area contributed by atoms with Crippen LogP contribution in [0.3, 0.4) is 0 Å². The molecule has 5 nitrogen and oxygen atoms in total. The summed E-state index contributed by atoms with van der Waals surface area (Å²) < 4.78 is 66.1. The minimum absolute atomic E-state index is 0.0545. The van der Waals surface area contributed by atoms with Crippen LogP contribution in [0.4, 0.5) is 27.6 Å². The monoisotopic (exact) mass is 420 g/mol. The quantitative estimate of drug-likeness (QED) is 0.459. The van der Waals surface area contributed by atoms with Gasteiger partial charge in [-0.05, 0) is 29.8 Å². The Bertz CT molecular complexity index is 1220. The van der Waals surface area contributed by atoms with Crippen molar-refractivity contribution in [2.75, 3.05) is 5.32 Å². The van der Waals surface area contributed by atoms with Crippen molar-refractivity contribution >= 4 is 22.5 Å². The van der Waals surface area contributed by atoms with Gasteiger partial charge in [0.1, 0.15) is 0 Å². The molecule has 0 atom stereocenters. The van der Waals surface area contributed by atoms with Gasteiger partial charge in [0.2, 0.25) is 0 Å². The molecule has 2 N–H and O–H groups in total. The molecule has 0 aliphatic heterocycles. The first-order chi connectivity index (χ1) is 14.2. The second-order valence-electron chi connectivity index (χ2n) is 6.56. The number of fused-ring (bicyclic) bond motifs is 1. The number of carbonyl (C=O) groups is 1. The van der Waals surface area contributed by atoms with E-state index in [1.54, 1.807) is 0 Å². The Balaban J connectivity index is 1.47. The number of hydrogen-bond acceptors (Lipinski definition) is 2. The van der Waals surface area contributed by atoms with Crippen LogP contribution in [0.15, 0.2) is 54.9 Å². The summed E-state index contributed by atoms with van der Waals surface area (Å²) in [5.74, 6) is -2.63. The number of halogens is 5. The number of anilines is 1. The third-order valence-electron chi connectivity index (χ3n) is 4.47. The first-order valence-electron chi connectivity index (χ1n) is 8.68. The number of nitrogens with one attached hydrogen (secondary N) is 2. The van der Waals surface area contributed by atoms with Gasteiger partial charge in [-0.15, -0.1) is 0 Å². The average molecular weight is 420 g/mol. The molecule has 0 bridgehead atoms. The zero-order chi connectivity index (χ0) is 21.5. The number of benzene rings is 2. The number of alkyl halides is 3. The van der Waals surface area contributed by atoms with Gasteiger partial charge in [0.25, 0.3) is 5.91 Å². The van der Waals surface area contributed by atoms with Crippen LogP contribution < -0.4 is 5.32 Å². The molecule has 4 aromatic rings. The number of nitrogens with zero attached hydrogens (tertiary/aromatic N) is 2. The highest BCUT2D eigenvalue weighted by Crippen LogP contribution is 2.29. The summed E-state index contributed by atoms with van der Waals surface area (Å²) in [5, 5.41) is 6.97. The third kappa shape index (κ3) is 3.88. The highest BCUT2D eigenvalue weighted by atomic mass is 19.4. The summed E-state index contributed by atoms with van der Waals surface area (Å²) in [7, 11) is 0. The van der Waals surface area contributed by atoms with E-state index in [2.05, 4.69) is 15.4 Å². The van der Waals surface area contributed by atoms with Crippen molar-refractivity contribution in [1.82, 2.24) is 14.8 Å². The van der Waals surface area contributed by atoms with Crippen LogP contribution >= 0.6 is 0 Å². The van der Waals surface area contributed by atoms with Crippen molar-refractivity contribution in [2.45, 2.75) is 12.7 Å². The molecule has 0 aliphatic carbocycles. The van der Waals surface area contributed by atoms with Gasteiger partial charge >= 0.3 is 6.18 Å². The molecule has 154 valence electrons. The molecule has 0 aliphatic rings. The van der Waals surface area contributed by atoms with E-state index in [9.17, 15) is 26.7 Å². The molecule has 0 saturated heterocycles. The molecule has 0 unspecified atom stereocenters. The smallest absolute Gasteiger partial charge is 0.359 e. The Morgan fingerprint density at radius 2 is 1.77 bits per heavy atom. The lowest BCUT2D eigenvalue weighted by Crippen LogP contribution is -2.13. The highest BCUT2D eigenvalue weighted by molar-refractivity contribution is 6.08. The van der Waals surface area contributed by atoms with Gasteiger partial charge in [-0.2, -0.15) is 18.3 Å². The lowest BCUT2D eigenvalue weighted by Gasteiger charge is -2.07. The van der Waals surface area contributed by atoms with Gasteiger partial charge in [-0.25, -0.2) is 8.78 Å². The molecule has 2 aromatic carbocycles. The van der Waals surface area contributed by atoms with Crippen LogP contribution in [0.2, 0.25) is 0 Å². The van der Waals surface area contributed by atoms with Gasteiger partial charge < -0.3 is 10.3 Å². The predicted molar refractivity (Wildman–Crippen MR) is 98.9 cm³/mol. The van der Waals surface area contributed by atoms with Gasteiger partial charge in [0, 0.05) is 23.8 Å². The summed E-state index contributed by atoms with van der Waals surface area (Å²) in [4.78, 5) is 15.2. The molecule has 2 aromatic heterocycles. The summed E-state index contributed by atoms with van der Waals surface area (Å²) in [5.41, 5.74) is 0.455. The first kappa shape index (κ1) is 19.6. The topological polar surface area (TPSA) is 62.7 Å². The minimum atomic E-state index is -4.41. The molecule has 30 heavy (non-hydrogen) atoms. The maximum absolute atomic E-state index is 13.5. The summed E-state index contributed by atoms with van der Waals surface area (Å²) >= 11 is 0. The van der Waals surface area contributed by atoms with E-state index >= 15 is 0 Å². The van der Waals surface area contributed by atoms with Crippen LogP contribution in [0.1, 0.15) is 21.6 Å². The number of aromatic amines is 1. The predicted octanol–water partition coefficient (Wildman–Crippen LogP) is 4.96. The third-order valence-corrected chi connectivity index (χ3v) is 4.47. The Kier molecular flexibility index (Phi) is 4.76. The number of aromatic nitrogens is 3. The second-order valence-corrected chi connectivity index (χ2v) is 6.56. The molecule has 1 amide bonds. The second kappa shape index (κ2) is 7.29. The van der Waals surface area contributed by atoms with E-state index in [0.717, 1.165) is 24.3 Å². The van der Waals surface area contributed by atoms with Crippen molar-refractivity contribution in [3.63, 3.8) is 0 Å². The van der Waals surface area contributed by atoms with Crippen LogP contribution in [-0.4, -0.2) is 20.7 Å². The Morgan fingerprint density at radius 3 is 2.47 bits per heavy atom. The Morgan fingerprint density at radius 1 is 1.07 bits per heavy atom. The normalized spacial score (nSPS) is 11.8. The SMILES string of the molecule is O=C(Nc1c[nH]c2cc(F)c(F)cc12)c1ccn(Cc2ccc(C(F)(F)F)cc2)n1. The van der Waals surface area contributed by atoms with E-state index in [4.69, 9.17) is 0 Å². The van der Waals surface area contributed by atoms with Crippen LogP contribution in [0.25, 0.3) is 10.9 Å². The largest absolute Gasteiger partial charge is 0.416 e. The standard InChI is InChI=1S/C20H13F5N4O/c21-14-7-13-17(8-15(14)22)26-9-18(13)27-19(30)16-5-6-29(28-16)10-11-1-3-12(4-2-11)20(23,24)25/h1-9,26H,10H2,(H,27,30). The van der Waals surface area contributed by atoms with Crippen molar-refractivity contribution in [2.24, 2.45) is 0 Å². The molecule has 0 spiro atoms. The van der Waals surface area contributed by atoms with Gasteiger partial charge in [0.15, 0.2) is 17.3 Å². The van der Waals surface area contributed by atoms with Crippen molar-refractivity contribution in [3.05, 3.63) is 83.3 Å². The van der Waals surface area contributed by atoms with Crippen molar-refractivity contribution in [3.8, 4) is 0 Å². The number of hydrogen-bond donors (Lipinski definition) is 2. The van der Waals surface area contributed by atoms with Gasteiger partial charge in [-0.1, -0.05) is 12.1 Å². The molecule has 10 heteroatoms. The first-order valence-corrected chi connectivity index (χ1v) is 8.68. The molecule has 2 heterocycles. The fraction of sp³-hybridized carbons (Fsp3) is 0.100. The van der Waals surface area contributed by atoms with E-state index in [-0.39, 0.29) is 17.9 Å². The average Bonchev–Trinajstić information content (AvgIpc) is 3.30. The molecule has 0 fully saturated rings. The lowest BCUT2D eigenvalue weighted by atomic mass is 10.1. The van der Waals surface area contributed by atoms with Crippen LogP contribution in [-0.2, 0) is 12.7 Å². The fourth-order valence-electron chi connectivity index (χ4n) is 2.96. The Hall–Kier alpha value is -3.69. The number of carbonyl (C=O) groups excluding carboxylic acids is 1. The number of amides is 1. The molecular weight excluding hydrogens is 407 g/mol. The zero-order valence-corrected chi connectivity index (χ0v) is 15.1. The Labute approximate surface area is 166 Å². The molecule has 0 saturated carbocycles. The van der Waals surface area contributed by atoms with Crippen molar-refractivity contribution < 1.29 is 26.7 Å². The number of rotatable bonds is 4. The van der Waals surface area contributed by atoms with Crippen molar-refractivity contribution in [1.29, 1.82) is 0 Å². The van der Waals surface area contributed by atoms with Gasteiger partial charge in [0.05, 0.1) is 23.3 Å². The minimum Gasteiger partial charge on any atom is -0.359 e. The zero-order valence-electron chi connectivity index (χ0n) is 15.1. The summed E-state index contributed by atoms with van der Waals surface area (Å²) in [6.07, 6.45) is -1.50. The molecule has 4 rings (SSSR count). The maximum atomic E-state index is 13.5. The van der Waals surface area contributed by atoms with Crippen LogP contribution in [0.5, 0.6) is 0 Å². The van der Waals surface area contributed by atoms with Crippen LogP contribution in [0, 0.1) is 11.6 Å². The van der Waals surface area contributed by atoms with E-state index in [0.29, 0.717) is 16.5 Å². The fourth-order valence-corrected chi connectivity index (χ4v) is 2.96. The van der Waals surface area contributed by atoms with Gasteiger partial charge in [-0.3, -0.25) is 9.48 Å². The maximum Gasteiger partial charge on any atom is 0.416 e. The highest BCUT2D eigenvalue weighted by Gasteiger charge is 2.29. The molecular formula is C20H13F5N4O. The lowest BCUT2D eigenvalue weighted by molar-refractivity contribution is -0.137. The molecule has 0 radical (unpaired) electrons. The van der Waals surface area contributed by atoms with E-state index in [1.165, 1.54) is 35.3 Å². The van der Waals surface area contributed by atoms with E-state index in [1.807, 2.05) is 0 Å². The van der Waals surface area contributed by atoms with E-state index < -0.39 is 29.3 Å². The number of H-pyrrole nitrogens is 1. The summed E-state index contributed by atoms with van der Waals surface area (Å²) in [6.45, 7) is 0.170. The summed E-state index contributed by atoms with van der Waals surface area (Å²) in [6, 6.07) is 8.03.